The molecule has 0 saturated carbocycles. The van der Waals surface area contributed by atoms with Crippen LogP contribution in [0.2, 0.25) is 0 Å². The average Bonchev–Trinajstić information content (AvgIpc) is 2.77. The Bertz CT molecular complexity index is 997. The van der Waals surface area contributed by atoms with Crippen LogP contribution >= 0.6 is 0 Å². The van der Waals surface area contributed by atoms with Gasteiger partial charge in [-0.05, 0) is 76.7 Å². The van der Waals surface area contributed by atoms with Crippen LogP contribution in [0, 0.1) is 0 Å². The van der Waals surface area contributed by atoms with E-state index < -0.39 is 11.7 Å². The zero-order chi connectivity index (χ0) is 25.3. The highest BCUT2D eigenvalue weighted by molar-refractivity contribution is 5.45. The molecule has 0 N–H and O–H groups in total. The summed E-state index contributed by atoms with van der Waals surface area (Å²) in [5.41, 5.74) is 1.43. The van der Waals surface area contributed by atoms with Crippen LogP contribution in [0.25, 0.3) is 0 Å². The lowest BCUT2D eigenvalue weighted by atomic mass is 9.96. The van der Waals surface area contributed by atoms with Gasteiger partial charge in [-0.2, -0.15) is 13.2 Å². The van der Waals surface area contributed by atoms with E-state index in [1.165, 1.54) is 13.2 Å². The Morgan fingerprint density at radius 2 is 2.00 bits per heavy atom. The van der Waals surface area contributed by atoms with E-state index >= 15 is 0 Å². The minimum atomic E-state index is -4.46. The molecule has 0 radical (unpaired) electrons. The predicted octanol–water partition coefficient (Wildman–Crippen LogP) is 8.01. The molecule has 1 aromatic rings. The summed E-state index contributed by atoms with van der Waals surface area (Å²) in [6, 6.07) is 3.43. The van der Waals surface area contributed by atoms with Gasteiger partial charge in [0.05, 0.1) is 12.7 Å². The fraction of sp³-hybridized carbons (Fsp3) is 0.444. The number of hydrogen-bond donors (Lipinski definition) is 0. The van der Waals surface area contributed by atoms with E-state index in [1.54, 1.807) is 44.3 Å². The third kappa shape index (κ3) is 7.54. The van der Waals surface area contributed by atoms with Gasteiger partial charge in [-0.1, -0.05) is 25.2 Å². The molecule has 0 bridgehead atoms. The fourth-order valence-electron chi connectivity index (χ4n) is 3.66. The van der Waals surface area contributed by atoms with Crippen LogP contribution < -0.4 is 9.47 Å². The van der Waals surface area contributed by atoms with E-state index in [0.717, 1.165) is 36.5 Å². The van der Waals surface area contributed by atoms with Crippen molar-refractivity contribution in [2.75, 3.05) is 7.11 Å². The van der Waals surface area contributed by atoms with Crippen molar-refractivity contribution in [1.29, 1.82) is 0 Å². The number of aromatic nitrogens is 1. The molecule has 0 amide bonds. The number of rotatable bonds is 9. The second-order valence-corrected chi connectivity index (χ2v) is 8.27. The highest BCUT2D eigenvalue weighted by atomic mass is 19.4. The van der Waals surface area contributed by atoms with Crippen molar-refractivity contribution in [3.05, 3.63) is 76.4 Å². The minimum Gasteiger partial charge on any atom is -0.482 e. The Morgan fingerprint density at radius 1 is 1.26 bits per heavy atom. The van der Waals surface area contributed by atoms with E-state index in [9.17, 15) is 13.2 Å². The van der Waals surface area contributed by atoms with Crippen LogP contribution in [0.3, 0.4) is 0 Å². The first-order valence-electron chi connectivity index (χ1n) is 11.4. The van der Waals surface area contributed by atoms with Gasteiger partial charge in [0.25, 0.3) is 0 Å². The molecule has 2 rings (SSSR count). The molecule has 1 heterocycles. The van der Waals surface area contributed by atoms with Gasteiger partial charge in [0.15, 0.2) is 6.10 Å². The quantitative estimate of drug-likeness (QED) is 0.267. The highest BCUT2D eigenvalue weighted by Crippen LogP contribution is 2.35. The smallest absolute Gasteiger partial charge is 0.416 e. The molecule has 1 aromatic heterocycles. The van der Waals surface area contributed by atoms with Gasteiger partial charge in [0.1, 0.15) is 17.3 Å². The first-order chi connectivity index (χ1) is 16.1. The summed E-state index contributed by atoms with van der Waals surface area (Å²) in [4.78, 5) is 4.10. The summed E-state index contributed by atoms with van der Waals surface area (Å²) in [5.74, 6) is 2.03. The molecule has 4 nitrogen and oxygen atoms in total. The number of halogens is 3. The van der Waals surface area contributed by atoms with Gasteiger partial charge < -0.3 is 14.2 Å². The molecule has 1 aliphatic rings. The second-order valence-electron chi connectivity index (χ2n) is 8.27. The van der Waals surface area contributed by atoms with Gasteiger partial charge in [-0.25, -0.2) is 4.98 Å². The number of allylic oxidation sites excluding steroid dienone is 7. The first-order valence-corrected chi connectivity index (χ1v) is 11.4. The maximum Gasteiger partial charge on any atom is 0.416 e. The third-order valence-corrected chi connectivity index (χ3v) is 5.26. The maximum absolute atomic E-state index is 13.6. The van der Waals surface area contributed by atoms with Crippen LogP contribution in [0.5, 0.6) is 11.6 Å². The number of pyridine rings is 1. The molecule has 0 spiro atoms. The Balaban J connectivity index is 2.46. The summed E-state index contributed by atoms with van der Waals surface area (Å²) in [7, 11) is 1.53. The third-order valence-electron chi connectivity index (χ3n) is 5.26. The molecular formula is C27H34F3NO3. The van der Waals surface area contributed by atoms with Crippen molar-refractivity contribution in [3.8, 4) is 11.6 Å². The molecule has 7 heteroatoms. The lowest BCUT2D eigenvalue weighted by Crippen LogP contribution is -2.26. The van der Waals surface area contributed by atoms with Crippen LogP contribution in [0.1, 0.15) is 60.3 Å². The summed E-state index contributed by atoms with van der Waals surface area (Å²) in [6.07, 6.45) is 5.18. The number of alkyl halides is 3. The highest BCUT2D eigenvalue weighted by Gasteiger charge is 2.33. The van der Waals surface area contributed by atoms with Crippen molar-refractivity contribution in [2.24, 2.45) is 0 Å². The summed E-state index contributed by atoms with van der Waals surface area (Å²) >= 11 is 0. The molecule has 0 aliphatic heterocycles. The van der Waals surface area contributed by atoms with Gasteiger partial charge >= 0.3 is 6.18 Å². The Hall–Kier alpha value is -2.96. The van der Waals surface area contributed by atoms with Crippen LogP contribution in [0.15, 0.2) is 76.4 Å². The number of ether oxygens (including phenoxy) is 3. The predicted molar refractivity (Wildman–Crippen MR) is 129 cm³/mol. The van der Waals surface area contributed by atoms with Gasteiger partial charge in [0.2, 0.25) is 5.88 Å². The van der Waals surface area contributed by atoms with Crippen molar-refractivity contribution < 1.29 is 27.4 Å². The summed E-state index contributed by atoms with van der Waals surface area (Å²) < 4.78 is 58.6. The van der Waals surface area contributed by atoms with E-state index in [1.807, 2.05) is 20.8 Å². The normalized spacial score (nSPS) is 17.7. The maximum atomic E-state index is 13.6. The van der Waals surface area contributed by atoms with Gasteiger partial charge in [0, 0.05) is 17.8 Å². The fourth-order valence-corrected chi connectivity index (χ4v) is 3.66. The lowest BCUT2D eigenvalue weighted by molar-refractivity contribution is -0.0884. The number of nitrogens with zero attached hydrogens (tertiary/aromatic N) is 1. The molecule has 186 valence electrons. The van der Waals surface area contributed by atoms with Crippen LogP contribution in [-0.4, -0.2) is 24.4 Å². The second kappa shape index (κ2) is 12.5. The van der Waals surface area contributed by atoms with E-state index in [4.69, 9.17) is 14.2 Å². The average molecular weight is 478 g/mol. The van der Waals surface area contributed by atoms with Crippen LogP contribution in [-0.2, 0) is 4.74 Å². The number of hydrogen-bond acceptors (Lipinski definition) is 4. The SMILES string of the molecule is C\C=C/C(=C\C(=C\CC)C(F)(F)F)C(OC1=C(C)CCCC1Oc1ccnc(OC)c1)=C(C)C. The van der Waals surface area contributed by atoms with Crippen LogP contribution in [0.4, 0.5) is 13.2 Å². The Kier molecular flexibility index (Phi) is 10.0. The van der Waals surface area contributed by atoms with Crippen molar-refractivity contribution in [3.63, 3.8) is 0 Å². The number of methoxy groups -OCH3 is 1. The Morgan fingerprint density at radius 3 is 2.59 bits per heavy atom. The van der Waals surface area contributed by atoms with Crippen molar-refractivity contribution in [1.82, 2.24) is 4.98 Å². The molecule has 0 saturated heterocycles. The molecule has 0 aromatic carbocycles. The topological polar surface area (TPSA) is 40.6 Å². The summed E-state index contributed by atoms with van der Waals surface area (Å²) in [6.45, 7) is 9.07. The van der Waals surface area contributed by atoms with Gasteiger partial charge in [-0.15, -0.1) is 0 Å². The summed E-state index contributed by atoms with van der Waals surface area (Å²) in [5, 5.41) is 0. The molecule has 34 heavy (non-hydrogen) atoms. The minimum absolute atomic E-state index is 0.273. The Labute approximate surface area is 200 Å². The zero-order valence-electron chi connectivity index (χ0n) is 20.8. The monoisotopic (exact) mass is 477 g/mol. The zero-order valence-corrected chi connectivity index (χ0v) is 20.8. The molecule has 1 aliphatic carbocycles. The van der Waals surface area contributed by atoms with Crippen molar-refractivity contribution >= 4 is 0 Å². The molecule has 0 fully saturated rings. The molecular weight excluding hydrogens is 443 g/mol. The first kappa shape index (κ1) is 27.3. The van der Waals surface area contributed by atoms with Crippen molar-refractivity contribution in [2.45, 2.75) is 72.6 Å². The van der Waals surface area contributed by atoms with Gasteiger partial charge in [-0.3, -0.25) is 0 Å². The van der Waals surface area contributed by atoms with E-state index in [0.29, 0.717) is 28.7 Å². The molecule has 1 atom stereocenters. The van der Waals surface area contributed by atoms with E-state index in [2.05, 4.69) is 4.98 Å². The largest absolute Gasteiger partial charge is 0.482 e. The molecule has 1 unspecified atom stereocenters. The van der Waals surface area contributed by atoms with E-state index in [-0.39, 0.29) is 12.5 Å². The standard InChI is InChI=1S/C27H34F3NO3/c1-7-10-20(16-21(11-8-2)27(28,29)30)25(18(3)4)34-26-19(5)12-9-13-23(26)33-22-14-15-31-24(17-22)32-6/h7,10-11,14-17,23H,8-9,12-13H2,1-6H3/b10-7-,20-16+,21-11-. The lowest BCUT2D eigenvalue weighted by Gasteiger charge is -2.29.